The molecule has 1 aromatic carbocycles. The Labute approximate surface area is 154 Å². The van der Waals surface area contributed by atoms with Crippen LogP contribution < -0.4 is 9.80 Å². The highest BCUT2D eigenvalue weighted by Gasteiger charge is 2.28. The van der Waals surface area contributed by atoms with E-state index in [-0.39, 0.29) is 11.8 Å². The largest absolute Gasteiger partial charge is 0.378 e. The second-order valence-electron chi connectivity index (χ2n) is 6.95. The van der Waals surface area contributed by atoms with Gasteiger partial charge in [0.1, 0.15) is 0 Å². The maximum Gasteiger partial charge on any atom is 0.274 e. The molecule has 2 saturated heterocycles. The number of hydrogen-bond acceptors (Lipinski definition) is 4. The predicted octanol–water partition coefficient (Wildman–Crippen LogP) is 2.16. The topological polar surface area (TPSA) is 53.1 Å². The third kappa shape index (κ3) is 3.33. The number of carbonyl (C=O) groups is 2. The Morgan fingerprint density at radius 3 is 2.19 bits per heavy atom. The smallest absolute Gasteiger partial charge is 0.274 e. The van der Waals surface area contributed by atoms with E-state index in [0.29, 0.717) is 26.2 Å². The van der Waals surface area contributed by atoms with Gasteiger partial charge in [-0.3, -0.25) is 9.59 Å². The number of nitrogens with zero attached hydrogens (tertiary/aromatic N) is 3. The third-order valence-electron chi connectivity index (χ3n) is 5.30. The molecule has 6 nitrogen and oxygen atoms in total. The summed E-state index contributed by atoms with van der Waals surface area (Å²) >= 11 is 0. The molecule has 3 aliphatic heterocycles. The monoisotopic (exact) mass is 355 g/mol. The van der Waals surface area contributed by atoms with E-state index in [1.807, 2.05) is 40.1 Å². The quantitative estimate of drug-likeness (QED) is 0.834. The zero-order chi connectivity index (χ0) is 17.9. The molecule has 4 rings (SSSR count). The van der Waals surface area contributed by atoms with E-state index in [4.69, 9.17) is 4.74 Å². The fourth-order valence-electron chi connectivity index (χ4n) is 3.86. The highest BCUT2D eigenvalue weighted by atomic mass is 16.5. The molecule has 2 fully saturated rings. The maximum absolute atomic E-state index is 13.0. The number of benzene rings is 1. The summed E-state index contributed by atoms with van der Waals surface area (Å²) in [6.07, 6.45) is 5.55. The molecule has 0 atom stereocenters. The molecule has 1 aromatic rings. The van der Waals surface area contributed by atoms with Crippen molar-refractivity contribution in [3.05, 3.63) is 36.0 Å². The molecule has 0 N–H and O–H groups in total. The van der Waals surface area contributed by atoms with Crippen LogP contribution in [0.25, 0.3) is 0 Å². The predicted molar refractivity (Wildman–Crippen MR) is 100 cm³/mol. The van der Waals surface area contributed by atoms with Crippen molar-refractivity contribution in [1.29, 1.82) is 0 Å². The van der Waals surface area contributed by atoms with Crippen molar-refractivity contribution in [1.82, 2.24) is 4.90 Å². The van der Waals surface area contributed by atoms with Gasteiger partial charge >= 0.3 is 0 Å². The summed E-state index contributed by atoms with van der Waals surface area (Å²) in [5.74, 6) is 0.246. The first-order valence-corrected chi connectivity index (χ1v) is 9.49. The van der Waals surface area contributed by atoms with Crippen LogP contribution in [0.4, 0.5) is 11.4 Å². The fourth-order valence-corrected chi connectivity index (χ4v) is 3.86. The minimum atomic E-state index is 0.0555. The number of ether oxygens (including phenoxy) is 1. The number of amides is 2. The molecule has 0 unspecified atom stereocenters. The van der Waals surface area contributed by atoms with Gasteiger partial charge in [-0.15, -0.1) is 0 Å². The van der Waals surface area contributed by atoms with E-state index in [2.05, 4.69) is 4.90 Å². The zero-order valence-corrected chi connectivity index (χ0v) is 15.0. The van der Waals surface area contributed by atoms with E-state index in [1.54, 1.807) is 0 Å². The molecule has 0 saturated carbocycles. The number of piperidine rings is 1. The van der Waals surface area contributed by atoms with Gasteiger partial charge in [-0.25, -0.2) is 0 Å². The summed E-state index contributed by atoms with van der Waals surface area (Å²) in [5.41, 5.74) is 2.60. The van der Waals surface area contributed by atoms with Gasteiger partial charge in [-0.05, 0) is 43.5 Å². The average Bonchev–Trinajstić information content (AvgIpc) is 2.69. The van der Waals surface area contributed by atoms with Crippen molar-refractivity contribution < 1.29 is 14.3 Å². The Bertz CT molecular complexity index is 708. The van der Waals surface area contributed by atoms with Gasteiger partial charge < -0.3 is 19.4 Å². The van der Waals surface area contributed by atoms with E-state index in [1.165, 1.54) is 0 Å². The van der Waals surface area contributed by atoms with Crippen LogP contribution in [0.2, 0.25) is 0 Å². The lowest BCUT2D eigenvalue weighted by molar-refractivity contribution is -0.119. The van der Waals surface area contributed by atoms with Gasteiger partial charge in [0.05, 0.1) is 18.9 Å². The highest BCUT2D eigenvalue weighted by molar-refractivity contribution is 6.06. The summed E-state index contributed by atoms with van der Waals surface area (Å²) in [5, 5.41) is 0. The molecule has 0 aromatic heterocycles. The standard InChI is InChI=1S/C20H25N3O3/c24-19-5-1-2-10-22(19)16-6-8-17(9-7-16)23-11-3-4-18(20(23)25)21-12-14-26-15-13-21/h4,6-9H,1-3,5,10-15H2. The minimum absolute atomic E-state index is 0.0555. The average molecular weight is 355 g/mol. The van der Waals surface area contributed by atoms with Crippen molar-refractivity contribution in [3.8, 4) is 0 Å². The summed E-state index contributed by atoms with van der Waals surface area (Å²) in [6, 6.07) is 7.83. The van der Waals surface area contributed by atoms with Crippen LogP contribution in [0.1, 0.15) is 25.7 Å². The first kappa shape index (κ1) is 17.1. The lowest BCUT2D eigenvalue weighted by Gasteiger charge is -2.35. The maximum atomic E-state index is 13.0. The van der Waals surface area contributed by atoms with Gasteiger partial charge in [0.2, 0.25) is 5.91 Å². The molecular formula is C20H25N3O3. The second-order valence-corrected chi connectivity index (χ2v) is 6.95. The Hall–Kier alpha value is -2.34. The number of hydrogen-bond donors (Lipinski definition) is 0. The van der Waals surface area contributed by atoms with Crippen LogP contribution in [0, 0.1) is 0 Å². The molecule has 0 radical (unpaired) electrons. The summed E-state index contributed by atoms with van der Waals surface area (Å²) in [6.45, 7) is 4.34. The van der Waals surface area contributed by atoms with Crippen LogP contribution in [0.3, 0.4) is 0 Å². The molecule has 2 amide bonds. The second kappa shape index (κ2) is 7.50. The number of rotatable bonds is 3. The normalized spacial score (nSPS) is 21.8. The first-order valence-electron chi connectivity index (χ1n) is 9.49. The fraction of sp³-hybridized carbons (Fsp3) is 0.500. The van der Waals surface area contributed by atoms with Gasteiger partial charge in [-0.1, -0.05) is 6.08 Å². The molecule has 3 heterocycles. The van der Waals surface area contributed by atoms with Crippen LogP contribution in [-0.4, -0.2) is 56.1 Å². The Balaban J connectivity index is 1.49. The Morgan fingerprint density at radius 2 is 1.50 bits per heavy atom. The first-order chi connectivity index (χ1) is 12.7. The Kier molecular flexibility index (Phi) is 4.93. The number of carbonyl (C=O) groups excluding carboxylic acids is 2. The highest BCUT2D eigenvalue weighted by Crippen LogP contribution is 2.27. The van der Waals surface area contributed by atoms with E-state index in [9.17, 15) is 9.59 Å². The van der Waals surface area contributed by atoms with Crippen molar-refractivity contribution in [2.75, 3.05) is 49.2 Å². The zero-order valence-electron chi connectivity index (χ0n) is 15.0. The minimum Gasteiger partial charge on any atom is -0.378 e. The number of anilines is 2. The molecule has 0 bridgehead atoms. The molecule has 3 aliphatic rings. The molecule has 0 aliphatic carbocycles. The van der Waals surface area contributed by atoms with Gasteiger partial charge in [-0.2, -0.15) is 0 Å². The van der Waals surface area contributed by atoms with Gasteiger partial charge in [0.25, 0.3) is 5.91 Å². The molecule has 26 heavy (non-hydrogen) atoms. The van der Waals surface area contributed by atoms with E-state index in [0.717, 1.165) is 56.0 Å². The SMILES string of the molecule is O=C1CCCCN1c1ccc(N2CCC=C(N3CCOCC3)C2=O)cc1. The van der Waals surface area contributed by atoms with Crippen molar-refractivity contribution in [2.45, 2.75) is 25.7 Å². The lowest BCUT2D eigenvalue weighted by atomic mass is 10.1. The molecular weight excluding hydrogens is 330 g/mol. The van der Waals surface area contributed by atoms with Crippen LogP contribution >= 0.6 is 0 Å². The summed E-state index contributed by atoms with van der Waals surface area (Å²) < 4.78 is 5.39. The van der Waals surface area contributed by atoms with Crippen LogP contribution in [0.15, 0.2) is 36.0 Å². The van der Waals surface area contributed by atoms with Crippen molar-refractivity contribution in [2.24, 2.45) is 0 Å². The van der Waals surface area contributed by atoms with Gasteiger partial charge in [0.15, 0.2) is 0 Å². The molecule has 138 valence electrons. The van der Waals surface area contributed by atoms with Crippen molar-refractivity contribution in [3.63, 3.8) is 0 Å². The van der Waals surface area contributed by atoms with E-state index >= 15 is 0 Å². The Morgan fingerprint density at radius 1 is 0.808 bits per heavy atom. The van der Waals surface area contributed by atoms with Gasteiger partial charge in [0, 0.05) is 44.0 Å². The lowest BCUT2D eigenvalue weighted by Crippen LogP contribution is -2.45. The van der Waals surface area contributed by atoms with Crippen molar-refractivity contribution >= 4 is 23.2 Å². The van der Waals surface area contributed by atoms with Crippen LogP contribution in [0.5, 0.6) is 0 Å². The molecule has 6 heteroatoms. The summed E-state index contributed by atoms with van der Waals surface area (Å²) in [4.78, 5) is 30.9. The molecule has 0 spiro atoms. The van der Waals surface area contributed by atoms with Crippen LogP contribution in [-0.2, 0) is 14.3 Å². The summed E-state index contributed by atoms with van der Waals surface area (Å²) in [7, 11) is 0. The van der Waals surface area contributed by atoms with E-state index < -0.39 is 0 Å². The number of morpholine rings is 1. The third-order valence-corrected chi connectivity index (χ3v) is 5.30.